The topological polar surface area (TPSA) is 42.0 Å². The first-order valence-corrected chi connectivity index (χ1v) is 10.3. The number of ether oxygens (including phenoxy) is 2. The molecule has 6 heteroatoms. The summed E-state index contributed by atoms with van der Waals surface area (Å²) in [4.78, 5) is 18.1. The van der Waals surface area contributed by atoms with Crippen molar-refractivity contribution in [2.24, 2.45) is 11.3 Å². The van der Waals surface area contributed by atoms with Gasteiger partial charge in [-0.15, -0.1) is 11.3 Å². The van der Waals surface area contributed by atoms with Crippen molar-refractivity contribution < 1.29 is 14.3 Å². The number of carbonyl (C=O) groups is 1. The SMILES string of the molecule is COCCN1CC(COC)C2(CCN(C(=O)/C=C/c3cccs3)CC2)C1. The second kappa shape index (κ2) is 9.13. The van der Waals surface area contributed by atoms with E-state index in [1.54, 1.807) is 31.6 Å². The number of hydrogen-bond acceptors (Lipinski definition) is 5. The van der Waals surface area contributed by atoms with Crippen LogP contribution >= 0.6 is 11.3 Å². The number of nitrogens with zero attached hydrogens (tertiary/aromatic N) is 2. The molecular weight excluding hydrogens is 348 g/mol. The van der Waals surface area contributed by atoms with Crippen LogP contribution in [0.1, 0.15) is 17.7 Å². The number of carbonyl (C=O) groups excluding carboxylic acids is 1. The van der Waals surface area contributed by atoms with E-state index in [9.17, 15) is 4.79 Å². The van der Waals surface area contributed by atoms with Crippen molar-refractivity contribution in [2.45, 2.75) is 12.8 Å². The summed E-state index contributed by atoms with van der Waals surface area (Å²) in [6.45, 7) is 6.40. The molecule has 1 aromatic heterocycles. The van der Waals surface area contributed by atoms with E-state index >= 15 is 0 Å². The molecule has 0 bridgehead atoms. The Morgan fingerprint density at radius 1 is 1.35 bits per heavy atom. The molecule has 1 atom stereocenters. The Labute approximate surface area is 160 Å². The van der Waals surface area contributed by atoms with E-state index in [0.29, 0.717) is 5.92 Å². The van der Waals surface area contributed by atoms with Gasteiger partial charge in [0.25, 0.3) is 0 Å². The highest BCUT2D eigenvalue weighted by atomic mass is 32.1. The first-order chi connectivity index (χ1) is 12.7. The van der Waals surface area contributed by atoms with Crippen molar-refractivity contribution >= 4 is 23.3 Å². The average molecular weight is 379 g/mol. The molecule has 5 nitrogen and oxygen atoms in total. The highest BCUT2D eigenvalue weighted by Crippen LogP contribution is 2.44. The zero-order valence-electron chi connectivity index (χ0n) is 15.9. The highest BCUT2D eigenvalue weighted by Gasteiger charge is 2.47. The molecule has 0 radical (unpaired) electrons. The summed E-state index contributed by atoms with van der Waals surface area (Å²) in [6, 6.07) is 4.03. The minimum absolute atomic E-state index is 0.130. The van der Waals surface area contributed by atoms with Crippen molar-refractivity contribution in [1.82, 2.24) is 9.80 Å². The Kier molecular flexibility index (Phi) is 6.86. The monoisotopic (exact) mass is 378 g/mol. The zero-order valence-corrected chi connectivity index (χ0v) is 16.7. The lowest BCUT2D eigenvalue weighted by Crippen LogP contribution is -2.46. The lowest BCUT2D eigenvalue weighted by Gasteiger charge is -2.42. The Bertz CT molecular complexity index is 594. The van der Waals surface area contributed by atoms with E-state index in [1.165, 1.54) is 0 Å². The van der Waals surface area contributed by atoms with Crippen LogP contribution in [0.4, 0.5) is 0 Å². The van der Waals surface area contributed by atoms with Crippen molar-refractivity contribution in [3.63, 3.8) is 0 Å². The first-order valence-electron chi connectivity index (χ1n) is 9.37. The smallest absolute Gasteiger partial charge is 0.246 e. The number of thiophene rings is 1. The normalized spacial score (nSPS) is 23.3. The number of amides is 1. The average Bonchev–Trinajstić information content (AvgIpc) is 3.28. The van der Waals surface area contributed by atoms with Gasteiger partial charge in [-0.05, 0) is 35.8 Å². The zero-order chi connectivity index (χ0) is 18.4. The van der Waals surface area contributed by atoms with E-state index in [1.807, 2.05) is 28.5 Å². The van der Waals surface area contributed by atoms with E-state index in [0.717, 1.165) is 63.7 Å². The minimum atomic E-state index is 0.130. The molecule has 2 aliphatic rings. The third kappa shape index (κ3) is 4.55. The lowest BCUT2D eigenvalue weighted by atomic mass is 9.71. The molecule has 1 amide bonds. The molecule has 3 rings (SSSR count). The first kappa shape index (κ1) is 19.5. The fourth-order valence-corrected chi connectivity index (χ4v) is 4.97. The van der Waals surface area contributed by atoms with E-state index < -0.39 is 0 Å². The van der Waals surface area contributed by atoms with Gasteiger partial charge in [-0.2, -0.15) is 0 Å². The third-order valence-corrected chi connectivity index (χ3v) is 6.70. The molecule has 1 spiro atoms. The van der Waals surface area contributed by atoms with Crippen molar-refractivity contribution in [3.8, 4) is 0 Å². The molecule has 0 N–H and O–H groups in total. The van der Waals surface area contributed by atoms with Crippen LogP contribution in [0.5, 0.6) is 0 Å². The summed E-state index contributed by atoms with van der Waals surface area (Å²) < 4.78 is 10.8. The van der Waals surface area contributed by atoms with Crippen LogP contribution in [0.3, 0.4) is 0 Å². The third-order valence-electron chi connectivity index (χ3n) is 5.87. The summed E-state index contributed by atoms with van der Waals surface area (Å²) >= 11 is 1.65. The summed E-state index contributed by atoms with van der Waals surface area (Å²) in [5.41, 5.74) is 0.276. The summed E-state index contributed by atoms with van der Waals surface area (Å²) in [5.74, 6) is 0.675. The lowest BCUT2D eigenvalue weighted by molar-refractivity contribution is -0.128. The van der Waals surface area contributed by atoms with Gasteiger partial charge < -0.3 is 19.3 Å². The number of hydrogen-bond donors (Lipinski definition) is 0. The predicted octanol–water partition coefficient (Wildman–Crippen LogP) is 2.59. The van der Waals surface area contributed by atoms with Crippen LogP contribution in [0, 0.1) is 11.3 Å². The van der Waals surface area contributed by atoms with Gasteiger partial charge >= 0.3 is 0 Å². The fourth-order valence-electron chi connectivity index (χ4n) is 4.35. The molecule has 0 saturated carbocycles. The Morgan fingerprint density at radius 2 is 2.15 bits per heavy atom. The summed E-state index contributed by atoms with van der Waals surface area (Å²) in [7, 11) is 3.55. The Morgan fingerprint density at radius 3 is 2.81 bits per heavy atom. The van der Waals surface area contributed by atoms with Crippen LogP contribution in [0.15, 0.2) is 23.6 Å². The van der Waals surface area contributed by atoms with Gasteiger partial charge in [-0.25, -0.2) is 0 Å². The molecule has 144 valence electrons. The number of likely N-dealkylation sites (tertiary alicyclic amines) is 2. The van der Waals surface area contributed by atoms with E-state index in [4.69, 9.17) is 9.47 Å². The highest BCUT2D eigenvalue weighted by molar-refractivity contribution is 7.10. The molecule has 3 heterocycles. The largest absolute Gasteiger partial charge is 0.384 e. The maximum atomic E-state index is 12.5. The van der Waals surface area contributed by atoms with Crippen LogP contribution in [-0.2, 0) is 14.3 Å². The number of methoxy groups -OCH3 is 2. The molecule has 2 saturated heterocycles. The van der Waals surface area contributed by atoms with Crippen LogP contribution in [-0.4, -0.2) is 75.9 Å². The second-order valence-electron chi connectivity index (χ2n) is 7.42. The van der Waals surface area contributed by atoms with Crippen LogP contribution in [0.25, 0.3) is 6.08 Å². The maximum absolute atomic E-state index is 12.5. The Balaban J connectivity index is 1.57. The van der Waals surface area contributed by atoms with Crippen LogP contribution in [0.2, 0.25) is 0 Å². The van der Waals surface area contributed by atoms with E-state index in [-0.39, 0.29) is 11.3 Å². The quantitative estimate of drug-likeness (QED) is 0.684. The van der Waals surface area contributed by atoms with Gasteiger partial charge in [0.15, 0.2) is 0 Å². The molecule has 1 aromatic rings. The number of piperidine rings is 1. The minimum Gasteiger partial charge on any atom is -0.384 e. The molecule has 26 heavy (non-hydrogen) atoms. The molecular formula is C20H30N2O3S. The molecule has 2 fully saturated rings. The predicted molar refractivity (Wildman–Crippen MR) is 105 cm³/mol. The van der Waals surface area contributed by atoms with Gasteiger partial charge in [0.1, 0.15) is 0 Å². The van der Waals surface area contributed by atoms with Gasteiger partial charge in [-0.3, -0.25) is 4.79 Å². The standard InChI is InChI=1S/C20H30N2O3S/c1-24-12-11-21-14-17(15-25-2)20(16-21)7-9-22(10-8-20)19(23)6-5-18-4-3-13-26-18/h3-6,13,17H,7-12,14-16H2,1-2H3/b6-5+. The molecule has 1 unspecified atom stereocenters. The summed E-state index contributed by atoms with van der Waals surface area (Å²) in [5, 5.41) is 2.03. The molecule has 0 aliphatic carbocycles. The van der Waals surface area contributed by atoms with Crippen molar-refractivity contribution in [2.75, 3.05) is 60.2 Å². The van der Waals surface area contributed by atoms with Crippen LogP contribution < -0.4 is 0 Å². The number of rotatable bonds is 7. The molecule has 2 aliphatic heterocycles. The van der Waals surface area contributed by atoms with Gasteiger partial charge in [-0.1, -0.05) is 6.07 Å². The van der Waals surface area contributed by atoms with Gasteiger partial charge in [0.05, 0.1) is 13.2 Å². The van der Waals surface area contributed by atoms with E-state index in [2.05, 4.69) is 4.90 Å². The van der Waals surface area contributed by atoms with Crippen molar-refractivity contribution in [1.29, 1.82) is 0 Å². The Hall–Kier alpha value is -1.21. The maximum Gasteiger partial charge on any atom is 0.246 e. The van der Waals surface area contributed by atoms with Gasteiger partial charge in [0.2, 0.25) is 5.91 Å². The molecule has 0 aromatic carbocycles. The fraction of sp³-hybridized carbons (Fsp3) is 0.650. The summed E-state index contributed by atoms with van der Waals surface area (Å²) in [6.07, 6.45) is 5.76. The van der Waals surface area contributed by atoms with Gasteiger partial charge in [0, 0.05) is 63.8 Å². The second-order valence-corrected chi connectivity index (χ2v) is 8.40. The van der Waals surface area contributed by atoms with Crippen molar-refractivity contribution in [3.05, 3.63) is 28.5 Å².